The molecule has 0 aliphatic rings. The van der Waals surface area contributed by atoms with Crippen LogP contribution in [-0.2, 0) is 34.9 Å². The van der Waals surface area contributed by atoms with Crippen molar-refractivity contribution in [2.45, 2.75) is 72.4 Å². The Morgan fingerprint density at radius 1 is 0.789 bits per heavy atom. The summed E-state index contributed by atoms with van der Waals surface area (Å²) in [7, 11) is 0. The lowest BCUT2D eigenvalue weighted by Crippen LogP contribution is -2.37. The van der Waals surface area contributed by atoms with E-state index in [1.54, 1.807) is 13.0 Å². The van der Waals surface area contributed by atoms with Crippen LogP contribution < -0.4 is 15.2 Å². The average molecular weight is 542 g/mol. The number of esters is 1. The normalized spacial score (nSPS) is 12.9. The average Bonchev–Trinajstić information content (AvgIpc) is 2.89. The van der Waals surface area contributed by atoms with Crippen molar-refractivity contribution < 1.29 is 52.3 Å². The fraction of sp³-hybridized carbons (Fsp3) is 0.615. The van der Waals surface area contributed by atoms with Gasteiger partial charge >= 0.3 is 24.4 Å². The Labute approximate surface area is 223 Å². The summed E-state index contributed by atoms with van der Waals surface area (Å²) in [5.74, 6) is -0.720. The van der Waals surface area contributed by atoms with Crippen molar-refractivity contribution in [1.82, 2.24) is 0 Å². The lowest BCUT2D eigenvalue weighted by Gasteiger charge is -2.18. The zero-order chi connectivity index (χ0) is 28.5. The van der Waals surface area contributed by atoms with Crippen LogP contribution in [0.4, 0.5) is 14.4 Å². The molecule has 1 aromatic rings. The molecule has 2 N–H and O–H groups in total. The Kier molecular flexibility index (Phi) is 15.2. The minimum Gasteiger partial charge on any atom is -0.458 e. The third-order valence-corrected chi connectivity index (χ3v) is 4.94. The molecule has 12 nitrogen and oxygen atoms in total. The number of carbonyl (C=O) groups is 4. The molecular weight excluding hydrogens is 502 g/mol. The number of rotatable bonds is 15. The predicted molar refractivity (Wildman–Crippen MR) is 135 cm³/mol. The molecule has 0 fully saturated rings. The van der Waals surface area contributed by atoms with Crippen LogP contribution in [0.1, 0.15) is 59.4 Å². The van der Waals surface area contributed by atoms with E-state index in [4.69, 9.17) is 38.9 Å². The van der Waals surface area contributed by atoms with Crippen LogP contribution in [0.2, 0.25) is 0 Å². The van der Waals surface area contributed by atoms with Crippen molar-refractivity contribution >= 4 is 24.4 Å². The molecule has 0 spiro atoms. The third-order valence-electron chi connectivity index (χ3n) is 4.94. The van der Waals surface area contributed by atoms with Gasteiger partial charge in [-0.05, 0) is 49.8 Å². The largest absolute Gasteiger partial charge is 0.513 e. The second-order valence-electron chi connectivity index (χ2n) is 8.63. The summed E-state index contributed by atoms with van der Waals surface area (Å²) in [6.07, 6.45) is -1.52. The first-order valence-corrected chi connectivity index (χ1v) is 12.7. The number of carbonyl (C=O) groups excluding carboxylic acids is 4. The molecule has 0 aromatic heterocycles. The quantitative estimate of drug-likeness (QED) is 0.188. The first kappa shape index (κ1) is 32.5. The maximum absolute atomic E-state index is 12.4. The highest BCUT2D eigenvalue weighted by atomic mass is 16.7. The molecule has 0 saturated heterocycles. The smallest absolute Gasteiger partial charge is 0.458 e. The first-order valence-electron chi connectivity index (χ1n) is 12.7. The highest BCUT2D eigenvalue weighted by Crippen LogP contribution is 2.30. The van der Waals surface area contributed by atoms with E-state index in [0.29, 0.717) is 18.4 Å². The molecule has 214 valence electrons. The monoisotopic (exact) mass is 541 g/mol. The standard InChI is InChI=1S/C26H39NO11/c1-6-11-32-25(30)37-21-10-9-19(14-22(21)38-26(31)33-12-7-2)13-20(27)23(28)36-18(5)16-35-24(29)34-15-17(4)8-3/h9-10,14,17-18,20H,6-8,11-13,15-16,27H2,1-5H3/t17?,18-,20-/m0/s1. The molecule has 0 saturated carbocycles. The number of ether oxygens (including phenoxy) is 7. The molecule has 1 unspecified atom stereocenters. The highest BCUT2D eigenvalue weighted by molar-refractivity contribution is 5.76. The summed E-state index contributed by atoms with van der Waals surface area (Å²) in [6, 6.07) is 3.23. The van der Waals surface area contributed by atoms with Crippen LogP contribution in [0.15, 0.2) is 18.2 Å². The Balaban J connectivity index is 2.75. The highest BCUT2D eigenvalue weighted by Gasteiger charge is 2.22. The van der Waals surface area contributed by atoms with Crippen molar-refractivity contribution in [3.63, 3.8) is 0 Å². The van der Waals surface area contributed by atoms with E-state index in [0.717, 1.165) is 6.42 Å². The fourth-order valence-electron chi connectivity index (χ4n) is 2.66. The maximum Gasteiger partial charge on any atom is 0.513 e. The van der Waals surface area contributed by atoms with E-state index in [1.165, 1.54) is 12.1 Å². The van der Waals surface area contributed by atoms with Gasteiger partial charge in [0, 0.05) is 0 Å². The number of nitrogens with two attached hydrogens (primary N) is 1. The summed E-state index contributed by atoms with van der Waals surface area (Å²) in [6.45, 7) is 9.44. The molecule has 0 aliphatic heterocycles. The lowest BCUT2D eigenvalue weighted by atomic mass is 10.1. The molecule has 12 heteroatoms. The van der Waals surface area contributed by atoms with E-state index < -0.39 is 36.6 Å². The Morgan fingerprint density at radius 2 is 1.37 bits per heavy atom. The van der Waals surface area contributed by atoms with Crippen molar-refractivity contribution in [1.29, 1.82) is 0 Å². The second-order valence-corrected chi connectivity index (χ2v) is 8.63. The van der Waals surface area contributed by atoms with Gasteiger partial charge in [0.25, 0.3) is 0 Å². The molecule has 38 heavy (non-hydrogen) atoms. The van der Waals surface area contributed by atoms with Crippen LogP contribution in [0, 0.1) is 5.92 Å². The SMILES string of the molecule is CCCOC(=O)Oc1ccc(C[C@H](N)C(=O)O[C@@H](C)COC(=O)OCC(C)CC)cc1OC(=O)OCCC. The molecule has 0 bridgehead atoms. The summed E-state index contributed by atoms with van der Waals surface area (Å²) in [5.41, 5.74) is 6.48. The summed E-state index contributed by atoms with van der Waals surface area (Å²) >= 11 is 0. The van der Waals surface area contributed by atoms with Gasteiger partial charge in [0.15, 0.2) is 11.5 Å². The molecule has 0 radical (unpaired) electrons. The Bertz CT molecular complexity index is 905. The van der Waals surface area contributed by atoms with Gasteiger partial charge in [-0.2, -0.15) is 0 Å². The van der Waals surface area contributed by atoms with E-state index in [9.17, 15) is 19.2 Å². The minimum atomic E-state index is -1.09. The van der Waals surface area contributed by atoms with Gasteiger partial charge < -0.3 is 38.9 Å². The van der Waals surface area contributed by atoms with E-state index in [2.05, 4.69) is 0 Å². The van der Waals surface area contributed by atoms with Gasteiger partial charge in [-0.3, -0.25) is 4.79 Å². The molecule has 1 rings (SSSR count). The van der Waals surface area contributed by atoms with Gasteiger partial charge in [-0.15, -0.1) is 0 Å². The van der Waals surface area contributed by atoms with Crippen molar-refractivity contribution in [3.05, 3.63) is 23.8 Å². The Morgan fingerprint density at radius 3 is 1.95 bits per heavy atom. The first-order chi connectivity index (χ1) is 18.1. The van der Waals surface area contributed by atoms with Crippen LogP contribution in [0.3, 0.4) is 0 Å². The molecule has 0 aliphatic carbocycles. The number of hydrogen-bond donors (Lipinski definition) is 1. The van der Waals surface area contributed by atoms with Crippen molar-refractivity contribution in [2.75, 3.05) is 26.4 Å². The van der Waals surface area contributed by atoms with Gasteiger partial charge in [-0.1, -0.05) is 40.2 Å². The van der Waals surface area contributed by atoms with Gasteiger partial charge in [0.2, 0.25) is 0 Å². The molecule has 3 atom stereocenters. The van der Waals surface area contributed by atoms with Gasteiger partial charge in [0.05, 0.1) is 19.8 Å². The predicted octanol–water partition coefficient (Wildman–Crippen LogP) is 4.54. The maximum atomic E-state index is 12.4. The van der Waals surface area contributed by atoms with Gasteiger partial charge in [-0.25, -0.2) is 14.4 Å². The van der Waals surface area contributed by atoms with Crippen LogP contribution >= 0.6 is 0 Å². The topological polar surface area (TPSA) is 159 Å². The third kappa shape index (κ3) is 13.1. The van der Waals surface area contributed by atoms with Crippen LogP contribution in [-0.4, -0.2) is 63.0 Å². The Hall–Kier alpha value is -3.54. The zero-order valence-corrected chi connectivity index (χ0v) is 22.7. The van der Waals surface area contributed by atoms with Gasteiger partial charge in [0.1, 0.15) is 18.8 Å². The van der Waals surface area contributed by atoms with E-state index >= 15 is 0 Å². The fourth-order valence-corrected chi connectivity index (χ4v) is 2.66. The molecule has 0 amide bonds. The lowest BCUT2D eigenvalue weighted by molar-refractivity contribution is -0.152. The van der Waals surface area contributed by atoms with E-state index in [1.807, 2.05) is 27.7 Å². The van der Waals surface area contributed by atoms with Crippen LogP contribution in [0.5, 0.6) is 11.5 Å². The molecule has 1 aromatic carbocycles. The molecule has 0 heterocycles. The minimum absolute atomic E-state index is 0.00425. The summed E-state index contributed by atoms with van der Waals surface area (Å²) in [5, 5.41) is 0. The summed E-state index contributed by atoms with van der Waals surface area (Å²) in [4.78, 5) is 47.9. The molecular formula is C26H39NO11. The number of hydrogen-bond acceptors (Lipinski definition) is 12. The summed E-state index contributed by atoms with van der Waals surface area (Å²) < 4.78 is 35.3. The van der Waals surface area contributed by atoms with Crippen molar-refractivity contribution in [3.8, 4) is 11.5 Å². The second kappa shape index (κ2) is 17.8. The number of benzene rings is 1. The zero-order valence-electron chi connectivity index (χ0n) is 22.7. The van der Waals surface area contributed by atoms with E-state index in [-0.39, 0.29) is 50.3 Å². The van der Waals surface area contributed by atoms with Crippen molar-refractivity contribution in [2.24, 2.45) is 11.7 Å². The van der Waals surface area contributed by atoms with Crippen LogP contribution in [0.25, 0.3) is 0 Å².